The van der Waals surface area contributed by atoms with Crippen LogP contribution < -0.4 is 0 Å². The van der Waals surface area contributed by atoms with E-state index in [1.807, 2.05) is 0 Å². The molecule has 2 aromatic rings. The van der Waals surface area contributed by atoms with Gasteiger partial charge in [0.25, 0.3) is 0 Å². The number of aromatic hydroxyl groups is 2. The molecule has 0 radical (unpaired) electrons. The number of aryl methyl sites for hydroxylation is 2. The van der Waals surface area contributed by atoms with Crippen molar-refractivity contribution in [3.8, 4) is 11.5 Å². The van der Waals surface area contributed by atoms with Crippen LogP contribution in [0.4, 0.5) is 0 Å². The zero-order valence-corrected chi connectivity index (χ0v) is 28.2. The van der Waals surface area contributed by atoms with Gasteiger partial charge in [0, 0.05) is 0 Å². The zero-order chi connectivity index (χ0) is 30.7. The third-order valence-electron chi connectivity index (χ3n) is 7.23. The van der Waals surface area contributed by atoms with Crippen LogP contribution >= 0.6 is 8.25 Å². The molecular weight excluding hydrogens is 559 g/mol. The number of hydrogen-bond donors (Lipinski definition) is 2. The summed E-state index contributed by atoms with van der Waals surface area (Å²) in [7, 11) is -2.56. The summed E-state index contributed by atoms with van der Waals surface area (Å²) in [5, 5.41) is 21.9. The van der Waals surface area contributed by atoms with E-state index in [9.17, 15) is 14.8 Å². The molecule has 41 heavy (non-hydrogen) atoms. The molecule has 0 aromatic heterocycles. The van der Waals surface area contributed by atoms with Gasteiger partial charge in [-0.1, -0.05) is 107 Å². The number of phenolic OH excluding ortho intramolecular Hbond substituents is 2. The van der Waals surface area contributed by atoms with Gasteiger partial charge in [0.1, 0.15) is 11.5 Å². The second kappa shape index (κ2) is 15.0. The Morgan fingerprint density at radius 3 is 1.02 bits per heavy atom. The van der Waals surface area contributed by atoms with Gasteiger partial charge < -0.3 is 19.3 Å². The molecule has 0 bridgehead atoms. The fourth-order valence-corrected chi connectivity index (χ4v) is 5.57. The summed E-state index contributed by atoms with van der Waals surface area (Å²) in [6, 6.07) is 8.35. The van der Waals surface area contributed by atoms with Crippen molar-refractivity contribution in [3.63, 3.8) is 0 Å². The molecule has 2 N–H and O–H groups in total. The molecule has 0 heterocycles. The van der Waals surface area contributed by atoms with Crippen molar-refractivity contribution in [1.29, 1.82) is 0 Å². The first-order valence-corrected chi connectivity index (χ1v) is 15.9. The Labute approximate surface area is 280 Å². The maximum atomic E-state index is 12.4. The van der Waals surface area contributed by atoms with E-state index in [1.54, 1.807) is 0 Å². The Morgan fingerprint density at radius 2 is 0.805 bits per heavy atom. The third-order valence-corrected chi connectivity index (χ3v) is 8.11. The van der Waals surface area contributed by atoms with Crippen LogP contribution in [0.15, 0.2) is 24.3 Å². The van der Waals surface area contributed by atoms with Gasteiger partial charge in [-0.05, 0) is 80.7 Å². The number of phenols is 2. The van der Waals surface area contributed by atoms with E-state index in [2.05, 4.69) is 107 Å². The average molecular weight is 617 g/mol. The Hall–Kier alpha value is -0.550. The van der Waals surface area contributed by atoms with Gasteiger partial charge in [-0.2, -0.15) is 0 Å². The SMILES string of the molecule is CC(C)(C)c1cc(CCCO[PH](=O)OCCCc2cc(C(C)(C)C)c(O)c(C(C)(C)C)c2)cc(C(C)(C)C)c1O.[CaH2]. The first-order valence-electron chi connectivity index (χ1n) is 14.7. The number of benzene rings is 2. The molecule has 0 saturated heterocycles. The molecule has 0 saturated carbocycles. The molecule has 2 aromatic carbocycles. The van der Waals surface area contributed by atoms with Crippen LogP contribution in [0.1, 0.15) is 129 Å². The molecule has 0 spiro atoms. The van der Waals surface area contributed by atoms with Crippen LogP contribution in [0.2, 0.25) is 0 Å². The van der Waals surface area contributed by atoms with E-state index in [4.69, 9.17) is 9.05 Å². The second-order valence-corrected chi connectivity index (χ2v) is 16.3. The van der Waals surface area contributed by atoms with Crippen molar-refractivity contribution in [2.24, 2.45) is 0 Å². The molecule has 7 heteroatoms. The molecule has 0 aliphatic heterocycles. The molecule has 0 aliphatic rings. The van der Waals surface area contributed by atoms with E-state index in [1.165, 1.54) is 0 Å². The topological polar surface area (TPSA) is 76.0 Å². The first-order chi connectivity index (χ1) is 18.1. The molecule has 0 unspecified atom stereocenters. The van der Waals surface area contributed by atoms with E-state index in [0.29, 0.717) is 24.7 Å². The summed E-state index contributed by atoms with van der Waals surface area (Å²) in [5.41, 5.74) is 5.42. The van der Waals surface area contributed by atoms with Gasteiger partial charge in [-0.15, -0.1) is 0 Å². The molecule has 0 aliphatic carbocycles. The van der Waals surface area contributed by atoms with Crippen molar-refractivity contribution >= 4 is 46.0 Å². The van der Waals surface area contributed by atoms with Crippen molar-refractivity contribution < 1.29 is 23.8 Å². The standard InChI is InChI=1S/C34H55O5P.Ca.2H/c1-31(2,3)25-19-23(20-26(29(25)35)32(4,5)6)15-13-17-38-40(37)39-18-14-16-24-21-27(33(7,8)9)30(36)28(22-24)34(10,11)12;;;/h19-22,35-36,40H,13-18H2,1-12H3;;;. The van der Waals surface area contributed by atoms with E-state index < -0.39 is 8.25 Å². The van der Waals surface area contributed by atoms with Gasteiger partial charge in [0.05, 0.1) is 13.2 Å². The van der Waals surface area contributed by atoms with Crippen LogP contribution in [0, 0.1) is 0 Å². The number of hydrogen-bond acceptors (Lipinski definition) is 5. The Balaban J connectivity index is 0.00000840. The summed E-state index contributed by atoms with van der Waals surface area (Å²) in [6.45, 7) is 26.0. The fraction of sp³-hybridized carbons (Fsp3) is 0.647. The molecule has 0 amide bonds. The van der Waals surface area contributed by atoms with E-state index >= 15 is 0 Å². The summed E-state index contributed by atoms with van der Waals surface area (Å²) < 4.78 is 23.4. The second-order valence-electron chi connectivity index (χ2n) is 15.2. The van der Waals surface area contributed by atoms with Crippen LogP contribution in [0.25, 0.3) is 0 Å². The molecule has 0 fully saturated rings. The predicted octanol–water partition coefficient (Wildman–Crippen LogP) is 8.36. The third kappa shape index (κ3) is 11.5. The van der Waals surface area contributed by atoms with Crippen LogP contribution in [-0.4, -0.2) is 61.2 Å². The van der Waals surface area contributed by atoms with E-state index in [-0.39, 0.29) is 59.4 Å². The van der Waals surface area contributed by atoms with Gasteiger partial charge in [-0.3, -0.25) is 4.57 Å². The van der Waals surface area contributed by atoms with Crippen LogP contribution in [0.5, 0.6) is 11.5 Å². The summed E-state index contributed by atoms with van der Waals surface area (Å²) in [6.07, 6.45) is 2.98. The summed E-state index contributed by atoms with van der Waals surface area (Å²) in [5.74, 6) is 0.769. The first kappa shape index (κ1) is 38.5. The zero-order valence-electron chi connectivity index (χ0n) is 27.2. The normalized spacial score (nSPS) is 13.0. The minimum absolute atomic E-state index is 0. The van der Waals surface area contributed by atoms with Gasteiger partial charge >= 0.3 is 46.0 Å². The minimum atomic E-state index is -2.56. The monoisotopic (exact) mass is 616 g/mol. The summed E-state index contributed by atoms with van der Waals surface area (Å²) in [4.78, 5) is 0. The predicted molar refractivity (Wildman–Crippen MR) is 177 cm³/mol. The Morgan fingerprint density at radius 1 is 0.561 bits per heavy atom. The van der Waals surface area contributed by atoms with Crippen molar-refractivity contribution in [2.75, 3.05) is 13.2 Å². The molecular formula is C34H57CaO5P. The van der Waals surface area contributed by atoms with Crippen LogP contribution in [0.3, 0.4) is 0 Å². The van der Waals surface area contributed by atoms with Gasteiger partial charge in [0.15, 0.2) is 0 Å². The quantitative estimate of drug-likeness (QED) is 0.159. The average Bonchev–Trinajstić information content (AvgIpc) is 2.78. The van der Waals surface area contributed by atoms with Gasteiger partial charge in [-0.25, -0.2) is 0 Å². The molecule has 2 rings (SSSR count). The van der Waals surface area contributed by atoms with Crippen molar-refractivity contribution in [1.82, 2.24) is 0 Å². The summed E-state index contributed by atoms with van der Waals surface area (Å²) >= 11 is 0. The molecule has 5 nitrogen and oxygen atoms in total. The fourth-order valence-electron chi connectivity index (χ4n) is 4.87. The molecule has 230 valence electrons. The van der Waals surface area contributed by atoms with Gasteiger partial charge in [0.2, 0.25) is 0 Å². The Kier molecular flexibility index (Phi) is 14.0. The van der Waals surface area contributed by atoms with E-state index in [0.717, 1.165) is 59.1 Å². The molecule has 0 atom stereocenters. The van der Waals surface area contributed by atoms with Crippen LogP contribution in [-0.2, 0) is 48.1 Å². The Bertz CT molecular complexity index is 1020. The van der Waals surface area contributed by atoms with Crippen molar-refractivity contribution in [3.05, 3.63) is 57.6 Å². The van der Waals surface area contributed by atoms with Crippen molar-refractivity contribution in [2.45, 2.75) is 130 Å². The number of rotatable bonds is 10. The maximum absolute atomic E-state index is 12.4.